The van der Waals surface area contributed by atoms with E-state index in [1.165, 1.54) is 5.56 Å². The summed E-state index contributed by atoms with van der Waals surface area (Å²) in [6.45, 7) is 1.22. The summed E-state index contributed by atoms with van der Waals surface area (Å²) in [4.78, 5) is 26.7. The molecule has 5 heteroatoms. The van der Waals surface area contributed by atoms with Crippen LogP contribution in [0.3, 0.4) is 0 Å². The lowest BCUT2D eigenvalue weighted by molar-refractivity contribution is -0.160. The van der Waals surface area contributed by atoms with Crippen molar-refractivity contribution in [2.24, 2.45) is 17.3 Å². The SMILES string of the molecule is CN(C)Cc1cccc(CNC(=O)C2(C(=O)O)CC3CCC2C3)c1. The molecule has 0 saturated heterocycles. The Balaban J connectivity index is 1.68. The number of carboxylic acid groups (broad SMARTS) is 1. The number of nitrogens with zero attached hydrogens (tertiary/aromatic N) is 1. The van der Waals surface area contributed by atoms with Gasteiger partial charge in [-0.25, -0.2) is 0 Å². The molecule has 2 aliphatic carbocycles. The van der Waals surface area contributed by atoms with E-state index in [4.69, 9.17) is 0 Å². The molecule has 0 radical (unpaired) electrons. The van der Waals surface area contributed by atoms with Gasteiger partial charge in [0.1, 0.15) is 5.41 Å². The average molecular weight is 330 g/mol. The molecule has 1 amide bonds. The van der Waals surface area contributed by atoms with Crippen LogP contribution >= 0.6 is 0 Å². The molecule has 2 fully saturated rings. The molecule has 2 aliphatic rings. The van der Waals surface area contributed by atoms with Crippen LogP contribution in [0.4, 0.5) is 0 Å². The zero-order chi connectivity index (χ0) is 17.3. The number of benzene rings is 1. The lowest BCUT2D eigenvalue weighted by Crippen LogP contribution is -2.49. The first-order valence-corrected chi connectivity index (χ1v) is 8.66. The van der Waals surface area contributed by atoms with E-state index >= 15 is 0 Å². The van der Waals surface area contributed by atoms with Crippen molar-refractivity contribution in [1.82, 2.24) is 10.2 Å². The van der Waals surface area contributed by atoms with Crippen LogP contribution in [0.1, 0.15) is 36.8 Å². The van der Waals surface area contributed by atoms with E-state index in [0.717, 1.165) is 31.4 Å². The zero-order valence-corrected chi connectivity index (χ0v) is 14.4. The minimum atomic E-state index is -1.20. The van der Waals surface area contributed by atoms with Crippen molar-refractivity contribution in [3.8, 4) is 0 Å². The van der Waals surface area contributed by atoms with Gasteiger partial charge in [-0.05, 0) is 56.3 Å². The molecular weight excluding hydrogens is 304 g/mol. The molecule has 0 aromatic heterocycles. The van der Waals surface area contributed by atoms with Crippen molar-refractivity contribution >= 4 is 11.9 Å². The third-order valence-electron chi connectivity index (χ3n) is 5.58. The molecular formula is C19H26N2O3. The predicted molar refractivity (Wildman–Crippen MR) is 91.2 cm³/mol. The molecule has 0 aliphatic heterocycles. The van der Waals surface area contributed by atoms with Gasteiger partial charge in [0.15, 0.2) is 0 Å². The fraction of sp³-hybridized carbons (Fsp3) is 0.579. The highest BCUT2D eigenvalue weighted by molar-refractivity contribution is 6.02. The lowest BCUT2D eigenvalue weighted by Gasteiger charge is -2.32. The third-order valence-corrected chi connectivity index (χ3v) is 5.58. The Hall–Kier alpha value is -1.88. The van der Waals surface area contributed by atoms with Crippen LogP contribution in [0, 0.1) is 17.3 Å². The molecule has 0 spiro atoms. The summed E-state index contributed by atoms with van der Waals surface area (Å²) < 4.78 is 0. The molecule has 1 aromatic rings. The van der Waals surface area contributed by atoms with E-state index < -0.39 is 11.4 Å². The van der Waals surface area contributed by atoms with Crippen LogP contribution in [-0.2, 0) is 22.7 Å². The maximum Gasteiger partial charge on any atom is 0.319 e. The van der Waals surface area contributed by atoms with Crippen molar-refractivity contribution in [2.45, 2.75) is 38.8 Å². The fourth-order valence-electron chi connectivity index (χ4n) is 4.51. The number of hydrogen-bond acceptors (Lipinski definition) is 3. The number of hydrogen-bond donors (Lipinski definition) is 2. The van der Waals surface area contributed by atoms with Crippen LogP contribution < -0.4 is 5.32 Å². The highest BCUT2D eigenvalue weighted by atomic mass is 16.4. The summed E-state index contributed by atoms with van der Waals surface area (Å²) in [6, 6.07) is 8.06. The molecule has 130 valence electrons. The van der Waals surface area contributed by atoms with E-state index in [9.17, 15) is 14.7 Å². The number of fused-ring (bicyclic) bond motifs is 2. The first-order chi connectivity index (χ1) is 11.4. The second kappa shape index (κ2) is 6.55. The topological polar surface area (TPSA) is 69.6 Å². The summed E-state index contributed by atoms with van der Waals surface area (Å²) in [7, 11) is 4.03. The summed E-state index contributed by atoms with van der Waals surface area (Å²) in [5.41, 5.74) is 0.982. The van der Waals surface area contributed by atoms with Gasteiger partial charge >= 0.3 is 5.97 Å². The van der Waals surface area contributed by atoms with Gasteiger partial charge in [0, 0.05) is 13.1 Å². The first-order valence-electron chi connectivity index (χ1n) is 8.66. The number of rotatable bonds is 6. The first kappa shape index (κ1) is 17.0. The number of carbonyl (C=O) groups excluding carboxylic acids is 1. The maximum absolute atomic E-state index is 12.7. The van der Waals surface area contributed by atoms with Crippen molar-refractivity contribution in [1.29, 1.82) is 0 Å². The van der Waals surface area contributed by atoms with Gasteiger partial charge in [-0.2, -0.15) is 0 Å². The molecule has 3 atom stereocenters. The van der Waals surface area contributed by atoms with E-state index in [1.54, 1.807) is 0 Å². The Bertz CT molecular complexity index is 643. The highest BCUT2D eigenvalue weighted by Crippen LogP contribution is 2.56. The summed E-state index contributed by atoms with van der Waals surface area (Å²) >= 11 is 0. The fourth-order valence-corrected chi connectivity index (χ4v) is 4.51. The van der Waals surface area contributed by atoms with Gasteiger partial charge in [0.05, 0.1) is 0 Å². The summed E-state index contributed by atoms with van der Waals surface area (Å²) in [5.74, 6) is -0.853. The van der Waals surface area contributed by atoms with E-state index in [2.05, 4.69) is 22.3 Å². The monoisotopic (exact) mass is 330 g/mol. The molecule has 0 heterocycles. The second-order valence-corrected chi connectivity index (χ2v) is 7.60. The van der Waals surface area contributed by atoms with Gasteiger partial charge in [-0.1, -0.05) is 30.7 Å². The van der Waals surface area contributed by atoms with E-state index in [0.29, 0.717) is 18.9 Å². The van der Waals surface area contributed by atoms with Crippen LogP contribution in [0.5, 0.6) is 0 Å². The predicted octanol–water partition coefficient (Wildman–Crippen LogP) is 2.26. The summed E-state index contributed by atoms with van der Waals surface area (Å²) in [6.07, 6.45) is 3.32. The quantitative estimate of drug-likeness (QED) is 0.785. The normalized spacial score (nSPS) is 28.3. The van der Waals surface area contributed by atoms with Crippen LogP contribution in [0.25, 0.3) is 0 Å². The summed E-state index contributed by atoms with van der Waals surface area (Å²) in [5, 5.41) is 12.6. The number of carbonyl (C=O) groups is 2. The molecule has 2 N–H and O–H groups in total. The Labute approximate surface area is 143 Å². The number of amides is 1. The minimum absolute atomic E-state index is 0.0000697. The largest absolute Gasteiger partial charge is 0.480 e. The molecule has 2 saturated carbocycles. The van der Waals surface area contributed by atoms with Crippen molar-refractivity contribution in [2.75, 3.05) is 14.1 Å². The average Bonchev–Trinajstić information content (AvgIpc) is 3.13. The smallest absolute Gasteiger partial charge is 0.319 e. The minimum Gasteiger partial charge on any atom is -0.480 e. The Morgan fingerprint density at radius 3 is 2.62 bits per heavy atom. The molecule has 1 aromatic carbocycles. The van der Waals surface area contributed by atoms with Crippen molar-refractivity contribution in [3.05, 3.63) is 35.4 Å². The maximum atomic E-state index is 12.7. The van der Waals surface area contributed by atoms with Crippen LogP contribution in [0.15, 0.2) is 24.3 Å². The zero-order valence-electron chi connectivity index (χ0n) is 14.4. The third kappa shape index (κ3) is 3.05. The number of nitrogens with one attached hydrogen (secondary N) is 1. The van der Waals surface area contributed by atoms with E-state index in [-0.39, 0.29) is 11.8 Å². The highest BCUT2D eigenvalue weighted by Gasteiger charge is 2.60. The van der Waals surface area contributed by atoms with E-state index in [1.807, 2.05) is 26.2 Å². The van der Waals surface area contributed by atoms with Gasteiger partial charge in [-0.3, -0.25) is 9.59 Å². The van der Waals surface area contributed by atoms with Gasteiger partial charge < -0.3 is 15.3 Å². The molecule has 2 bridgehead atoms. The second-order valence-electron chi connectivity index (χ2n) is 7.60. The van der Waals surface area contributed by atoms with Gasteiger partial charge in [0.25, 0.3) is 0 Å². The van der Waals surface area contributed by atoms with Gasteiger partial charge in [-0.15, -0.1) is 0 Å². The van der Waals surface area contributed by atoms with Crippen molar-refractivity contribution < 1.29 is 14.7 Å². The standard InChI is InChI=1S/C19H26N2O3/c1-21(2)12-15-5-3-4-14(8-15)11-20-17(22)19(18(23)24)10-13-6-7-16(19)9-13/h3-5,8,13,16H,6-7,9-12H2,1-2H3,(H,20,22)(H,23,24). The number of carboxylic acids is 1. The Kier molecular flexibility index (Phi) is 4.63. The molecule has 5 nitrogen and oxygen atoms in total. The van der Waals surface area contributed by atoms with Crippen molar-refractivity contribution in [3.63, 3.8) is 0 Å². The molecule has 3 rings (SSSR count). The van der Waals surface area contributed by atoms with Gasteiger partial charge in [0.2, 0.25) is 5.91 Å². The van der Waals surface area contributed by atoms with Crippen LogP contribution in [-0.4, -0.2) is 36.0 Å². The Morgan fingerprint density at radius 1 is 1.29 bits per heavy atom. The number of aliphatic carboxylic acids is 1. The van der Waals surface area contributed by atoms with Crippen LogP contribution in [0.2, 0.25) is 0 Å². The lowest BCUT2D eigenvalue weighted by atomic mass is 9.72. The Morgan fingerprint density at radius 2 is 2.04 bits per heavy atom. The molecule has 24 heavy (non-hydrogen) atoms. The molecule has 3 unspecified atom stereocenters.